The molecule has 0 aliphatic rings. The highest BCUT2D eigenvalue weighted by atomic mass is 32.2. The van der Waals surface area contributed by atoms with E-state index < -0.39 is 10.0 Å². The molecule has 0 amide bonds. The zero-order valence-corrected chi connectivity index (χ0v) is 12.3. The van der Waals surface area contributed by atoms with Gasteiger partial charge in [-0.05, 0) is 31.0 Å². The summed E-state index contributed by atoms with van der Waals surface area (Å²) in [5, 5.41) is 0. The molecule has 0 spiro atoms. The van der Waals surface area contributed by atoms with Crippen molar-refractivity contribution in [3.63, 3.8) is 0 Å². The zero-order chi connectivity index (χ0) is 15.0. The summed E-state index contributed by atoms with van der Waals surface area (Å²) in [6.45, 7) is 2.27. The normalized spacial score (nSPS) is 11.2. The molecule has 0 fully saturated rings. The van der Waals surface area contributed by atoms with Crippen LogP contribution in [-0.2, 0) is 25.3 Å². The van der Waals surface area contributed by atoms with Gasteiger partial charge in [0.2, 0.25) is 10.0 Å². The number of ether oxygens (including phenoxy) is 1. The Bertz CT molecular complexity index is 543. The van der Waals surface area contributed by atoms with Gasteiger partial charge in [0.15, 0.2) is 0 Å². The van der Waals surface area contributed by atoms with Crippen LogP contribution in [0.15, 0.2) is 24.3 Å². The van der Waals surface area contributed by atoms with Gasteiger partial charge >= 0.3 is 5.97 Å². The van der Waals surface area contributed by atoms with Crippen molar-refractivity contribution in [3.05, 3.63) is 29.8 Å². The Kier molecular flexibility index (Phi) is 6.47. The molecule has 0 heterocycles. The molecule has 0 unspecified atom stereocenters. The van der Waals surface area contributed by atoms with Gasteiger partial charge in [-0.2, -0.15) is 0 Å². The lowest BCUT2D eigenvalue weighted by Crippen LogP contribution is -2.26. The Morgan fingerprint density at radius 1 is 1.40 bits per heavy atom. The molecule has 7 heteroatoms. The Hall–Kier alpha value is -1.60. The van der Waals surface area contributed by atoms with E-state index in [1.165, 1.54) is 0 Å². The van der Waals surface area contributed by atoms with Crippen molar-refractivity contribution in [1.82, 2.24) is 4.72 Å². The third-order valence-corrected chi connectivity index (χ3v) is 3.85. The zero-order valence-electron chi connectivity index (χ0n) is 11.5. The molecule has 6 nitrogen and oxygen atoms in total. The van der Waals surface area contributed by atoms with Crippen LogP contribution in [-0.4, -0.2) is 27.5 Å². The highest BCUT2D eigenvalue weighted by Crippen LogP contribution is 2.09. The monoisotopic (exact) mass is 300 g/mol. The van der Waals surface area contributed by atoms with Gasteiger partial charge in [0.1, 0.15) is 0 Å². The van der Waals surface area contributed by atoms with Crippen LogP contribution in [0.5, 0.6) is 0 Å². The average molecular weight is 300 g/mol. The van der Waals surface area contributed by atoms with Gasteiger partial charge in [-0.3, -0.25) is 4.79 Å². The van der Waals surface area contributed by atoms with E-state index in [1.807, 2.05) is 0 Å². The van der Waals surface area contributed by atoms with Crippen molar-refractivity contribution in [2.24, 2.45) is 0 Å². The summed E-state index contributed by atoms with van der Waals surface area (Å²) in [4.78, 5) is 11.1. The first kappa shape index (κ1) is 16.5. The third-order valence-electron chi connectivity index (χ3n) is 2.49. The number of nitrogens with two attached hydrogens (primary N) is 1. The van der Waals surface area contributed by atoms with Gasteiger partial charge in [0, 0.05) is 18.7 Å². The van der Waals surface area contributed by atoms with Crippen LogP contribution in [0.3, 0.4) is 0 Å². The van der Waals surface area contributed by atoms with Crippen molar-refractivity contribution in [3.8, 4) is 0 Å². The Balaban J connectivity index is 2.37. The summed E-state index contributed by atoms with van der Waals surface area (Å²) >= 11 is 0. The molecule has 0 aromatic heterocycles. The van der Waals surface area contributed by atoms with Gasteiger partial charge in [-0.1, -0.05) is 12.1 Å². The molecule has 112 valence electrons. The van der Waals surface area contributed by atoms with E-state index in [1.54, 1.807) is 31.2 Å². The van der Waals surface area contributed by atoms with Crippen LogP contribution in [0.25, 0.3) is 0 Å². The van der Waals surface area contributed by atoms with Gasteiger partial charge in [-0.15, -0.1) is 0 Å². The fourth-order valence-corrected chi connectivity index (χ4v) is 2.82. The molecule has 0 radical (unpaired) electrons. The molecule has 1 rings (SSSR count). The Morgan fingerprint density at radius 3 is 2.80 bits per heavy atom. The minimum absolute atomic E-state index is 0.128. The van der Waals surface area contributed by atoms with Crippen molar-refractivity contribution in [2.75, 3.05) is 18.9 Å². The van der Waals surface area contributed by atoms with Crippen molar-refractivity contribution in [1.29, 1.82) is 0 Å². The molecule has 3 N–H and O–H groups in total. The quantitative estimate of drug-likeness (QED) is 0.424. The lowest BCUT2D eigenvalue weighted by Gasteiger charge is -2.07. The summed E-state index contributed by atoms with van der Waals surface area (Å²) in [6, 6.07) is 6.73. The first-order valence-corrected chi connectivity index (χ1v) is 8.05. The predicted octanol–water partition coefficient (Wildman–Crippen LogP) is 1.03. The van der Waals surface area contributed by atoms with Gasteiger partial charge < -0.3 is 10.5 Å². The number of hydrogen-bond donors (Lipinski definition) is 2. The lowest BCUT2D eigenvalue weighted by molar-refractivity contribution is -0.143. The molecule has 0 aliphatic heterocycles. The van der Waals surface area contributed by atoms with Crippen LogP contribution in [0.1, 0.15) is 25.3 Å². The number of rotatable bonds is 8. The van der Waals surface area contributed by atoms with Gasteiger partial charge in [0.05, 0.1) is 12.4 Å². The fraction of sp³-hybridized carbons (Fsp3) is 0.462. The number of nitrogen functional groups attached to an aromatic ring is 1. The minimum Gasteiger partial charge on any atom is -0.466 e. The van der Waals surface area contributed by atoms with E-state index in [0.717, 1.165) is 0 Å². The number of esters is 1. The van der Waals surface area contributed by atoms with Crippen LogP contribution in [0, 0.1) is 0 Å². The minimum atomic E-state index is -3.42. The van der Waals surface area contributed by atoms with Crippen LogP contribution >= 0.6 is 0 Å². The highest BCUT2D eigenvalue weighted by Gasteiger charge is 2.11. The number of benzene rings is 1. The SMILES string of the molecule is CCOC(=O)CCCNS(=O)(=O)Cc1cccc(N)c1. The number of sulfonamides is 1. The summed E-state index contributed by atoms with van der Waals surface area (Å²) < 4.78 is 30.8. The van der Waals surface area contributed by atoms with Crippen molar-refractivity contribution < 1.29 is 17.9 Å². The van der Waals surface area contributed by atoms with Crippen LogP contribution in [0.2, 0.25) is 0 Å². The molecule has 1 aromatic rings. The number of hydrogen-bond acceptors (Lipinski definition) is 5. The van der Waals surface area contributed by atoms with Gasteiger partial charge in [0.25, 0.3) is 0 Å². The van der Waals surface area contributed by atoms with Crippen LogP contribution < -0.4 is 10.5 Å². The van der Waals surface area contributed by atoms with E-state index >= 15 is 0 Å². The van der Waals surface area contributed by atoms with Crippen LogP contribution in [0.4, 0.5) is 5.69 Å². The van der Waals surface area contributed by atoms with E-state index in [0.29, 0.717) is 24.3 Å². The Morgan fingerprint density at radius 2 is 2.15 bits per heavy atom. The molecule has 0 saturated heterocycles. The van der Waals surface area contributed by atoms with E-state index in [4.69, 9.17) is 10.5 Å². The average Bonchev–Trinajstić information content (AvgIpc) is 2.34. The standard InChI is InChI=1S/C13H20N2O4S/c1-2-19-13(16)7-4-8-15-20(17,18)10-11-5-3-6-12(14)9-11/h3,5-6,9,15H,2,4,7-8,10,14H2,1H3. The van der Waals surface area contributed by atoms with E-state index in [2.05, 4.69) is 4.72 Å². The summed E-state index contributed by atoms with van der Waals surface area (Å²) in [6.07, 6.45) is 0.615. The van der Waals surface area contributed by atoms with Crippen molar-refractivity contribution in [2.45, 2.75) is 25.5 Å². The number of nitrogens with one attached hydrogen (secondary N) is 1. The molecular weight excluding hydrogens is 280 g/mol. The first-order chi connectivity index (χ1) is 9.43. The smallest absolute Gasteiger partial charge is 0.305 e. The molecule has 1 aromatic carbocycles. The second-order valence-corrected chi connectivity index (χ2v) is 6.11. The maximum absolute atomic E-state index is 11.8. The number of carbonyl (C=O) groups is 1. The third kappa shape index (κ3) is 6.53. The second-order valence-electron chi connectivity index (χ2n) is 4.31. The largest absolute Gasteiger partial charge is 0.466 e. The second kappa shape index (κ2) is 7.86. The van der Waals surface area contributed by atoms with Gasteiger partial charge in [-0.25, -0.2) is 13.1 Å². The predicted molar refractivity (Wildman–Crippen MR) is 77.3 cm³/mol. The summed E-state index contributed by atoms with van der Waals surface area (Å²) in [5.74, 6) is -0.445. The van der Waals surface area contributed by atoms with E-state index in [9.17, 15) is 13.2 Å². The molecule has 0 aliphatic carbocycles. The maximum atomic E-state index is 11.8. The summed E-state index contributed by atoms with van der Waals surface area (Å²) in [7, 11) is -3.42. The molecule has 0 atom stereocenters. The first-order valence-electron chi connectivity index (χ1n) is 6.40. The molecule has 20 heavy (non-hydrogen) atoms. The lowest BCUT2D eigenvalue weighted by atomic mass is 10.2. The summed E-state index contributed by atoms with van der Waals surface area (Å²) in [5.41, 5.74) is 6.75. The molecule has 0 bridgehead atoms. The number of anilines is 1. The van der Waals surface area contributed by atoms with E-state index in [-0.39, 0.29) is 24.7 Å². The molecule has 0 saturated carbocycles. The van der Waals surface area contributed by atoms with Crippen molar-refractivity contribution >= 4 is 21.7 Å². The molecular formula is C13H20N2O4S. The topological polar surface area (TPSA) is 98.5 Å². The highest BCUT2D eigenvalue weighted by molar-refractivity contribution is 7.88. The number of carbonyl (C=O) groups excluding carboxylic acids is 1. The Labute approximate surface area is 119 Å². The maximum Gasteiger partial charge on any atom is 0.305 e. The fourth-order valence-electron chi connectivity index (χ4n) is 1.65.